The van der Waals surface area contributed by atoms with Gasteiger partial charge in [0.15, 0.2) is 9.84 Å². The van der Waals surface area contributed by atoms with E-state index >= 15 is 0 Å². The molecule has 1 unspecified atom stereocenters. The average molecular weight is 281 g/mol. The first-order valence-corrected chi connectivity index (χ1v) is 8.19. The molecule has 1 aliphatic rings. The van der Waals surface area contributed by atoms with Crippen LogP contribution in [0.1, 0.15) is 24.5 Å². The predicted octanol–water partition coefficient (Wildman–Crippen LogP) is 1.84. The molecule has 0 spiro atoms. The van der Waals surface area contributed by atoms with Crippen LogP contribution in [-0.4, -0.2) is 31.9 Å². The highest BCUT2D eigenvalue weighted by molar-refractivity contribution is 7.91. The summed E-state index contributed by atoms with van der Waals surface area (Å²) in [5.74, 6) is 0.137. The van der Waals surface area contributed by atoms with Gasteiger partial charge >= 0.3 is 0 Å². The number of carbonyl (C=O) groups is 1. The van der Waals surface area contributed by atoms with Crippen molar-refractivity contribution in [3.8, 4) is 0 Å². The van der Waals surface area contributed by atoms with Crippen molar-refractivity contribution in [3.05, 3.63) is 29.3 Å². The van der Waals surface area contributed by atoms with Crippen molar-refractivity contribution in [3.63, 3.8) is 0 Å². The van der Waals surface area contributed by atoms with Gasteiger partial charge in [-0.25, -0.2) is 8.42 Å². The van der Waals surface area contributed by atoms with Gasteiger partial charge in [-0.2, -0.15) is 0 Å². The van der Waals surface area contributed by atoms with Crippen LogP contribution in [0.25, 0.3) is 0 Å². The lowest BCUT2D eigenvalue weighted by atomic mass is 10.1. The zero-order chi connectivity index (χ0) is 14.2. The molecule has 2 rings (SSSR count). The van der Waals surface area contributed by atoms with Crippen molar-refractivity contribution in [2.24, 2.45) is 0 Å². The van der Waals surface area contributed by atoms with Gasteiger partial charge in [0, 0.05) is 12.6 Å². The molecule has 0 radical (unpaired) electrons. The van der Waals surface area contributed by atoms with Gasteiger partial charge < -0.3 is 4.90 Å². The Kier molecular flexibility index (Phi) is 3.67. The number of nitrogens with zero attached hydrogens (tertiary/aromatic N) is 1. The van der Waals surface area contributed by atoms with Gasteiger partial charge in [-0.05, 0) is 43.5 Å². The predicted molar refractivity (Wildman–Crippen MR) is 76.1 cm³/mol. The molecule has 1 aromatic rings. The van der Waals surface area contributed by atoms with Crippen LogP contribution in [0.2, 0.25) is 0 Å². The number of anilines is 1. The lowest BCUT2D eigenvalue weighted by Gasteiger charge is -2.27. The van der Waals surface area contributed by atoms with Crippen LogP contribution in [0.15, 0.2) is 18.2 Å². The first kappa shape index (κ1) is 14.1. The molecule has 0 bridgehead atoms. The first-order valence-electron chi connectivity index (χ1n) is 6.37. The largest absolute Gasteiger partial charge is 0.309 e. The molecule has 1 saturated heterocycles. The Morgan fingerprint density at radius 1 is 1.21 bits per heavy atom. The molecular formula is C14H19NO3S. The fourth-order valence-electron chi connectivity index (χ4n) is 2.72. The van der Waals surface area contributed by atoms with E-state index in [0.717, 1.165) is 16.8 Å². The highest BCUT2D eigenvalue weighted by Crippen LogP contribution is 2.26. The van der Waals surface area contributed by atoms with E-state index in [0.29, 0.717) is 6.42 Å². The summed E-state index contributed by atoms with van der Waals surface area (Å²) in [6.07, 6.45) is 0.523. The molecule has 5 heteroatoms. The van der Waals surface area contributed by atoms with Gasteiger partial charge in [-0.15, -0.1) is 0 Å². The van der Waals surface area contributed by atoms with Crippen molar-refractivity contribution in [1.29, 1.82) is 0 Å². The lowest BCUT2D eigenvalue weighted by Crippen LogP contribution is -2.40. The average Bonchev–Trinajstić information content (AvgIpc) is 2.56. The summed E-state index contributed by atoms with van der Waals surface area (Å²) in [5, 5.41) is 0. The Morgan fingerprint density at radius 3 is 2.21 bits per heavy atom. The molecule has 1 aliphatic heterocycles. The monoisotopic (exact) mass is 281 g/mol. The molecule has 1 amide bonds. The Bertz CT molecular complexity index is 587. The van der Waals surface area contributed by atoms with Gasteiger partial charge in [-0.1, -0.05) is 6.07 Å². The molecule has 19 heavy (non-hydrogen) atoms. The van der Waals surface area contributed by atoms with Crippen LogP contribution in [-0.2, 0) is 14.6 Å². The second-order valence-corrected chi connectivity index (χ2v) is 7.52. The van der Waals surface area contributed by atoms with E-state index in [4.69, 9.17) is 0 Å². The van der Waals surface area contributed by atoms with E-state index in [9.17, 15) is 13.2 Å². The zero-order valence-corrected chi connectivity index (χ0v) is 12.3. The van der Waals surface area contributed by atoms with Crippen LogP contribution in [0.5, 0.6) is 0 Å². The third-order valence-corrected chi connectivity index (χ3v) is 5.15. The fraction of sp³-hybridized carbons (Fsp3) is 0.500. The summed E-state index contributed by atoms with van der Waals surface area (Å²) in [6.45, 7) is 5.43. The number of sulfone groups is 1. The van der Waals surface area contributed by atoms with Crippen LogP contribution >= 0.6 is 0 Å². The number of carbonyl (C=O) groups excluding carboxylic acids is 1. The van der Waals surface area contributed by atoms with Crippen LogP contribution in [0.3, 0.4) is 0 Å². The Morgan fingerprint density at radius 2 is 1.79 bits per heavy atom. The normalized spacial score (nSPS) is 21.3. The minimum absolute atomic E-state index is 0.0690. The SMILES string of the molecule is CC(=O)N(c1cc(C)cc(C)c1)C1CCS(=O)(=O)C1. The van der Waals surface area contributed by atoms with Crippen LogP contribution in [0, 0.1) is 13.8 Å². The van der Waals surface area contributed by atoms with E-state index in [2.05, 4.69) is 0 Å². The maximum absolute atomic E-state index is 11.9. The summed E-state index contributed by atoms with van der Waals surface area (Å²) in [4.78, 5) is 13.5. The summed E-state index contributed by atoms with van der Waals surface area (Å²) in [5.41, 5.74) is 2.94. The maximum Gasteiger partial charge on any atom is 0.224 e. The van der Waals surface area contributed by atoms with Crippen molar-refractivity contribution < 1.29 is 13.2 Å². The summed E-state index contributed by atoms with van der Waals surface area (Å²) in [6, 6.07) is 5.66. The molecule has 1 aromatic carbocycles. The molecule has 1 heterocycles. The van der Waals surface area contributed by atoms with Crippen molar-refractivity contribution in [2.45, 2.75) is 33.2 Å². The van der Waals surface area contributed by atoms with E-state index in [1.807, 2.05) is 32.0 Å². The highest BCUT2D eigenvalue weighted by atomic mass is 32.2. The Labute approximate surface area is 114 Å². The van der Waals surface area contributed by atoms with Gasteiger partial charge in [0.25, 0.3) is 0 Å². The highest BCUT2D eigenvalue weighted by Gasteiger charge is 2.34. The third-order valence-electron chi connectivity index (χ3n) is 3.40. The second-order valence-electron chi connectivity index (χ2n) is 5.29. The number of hydrogen-bond donors (Lipinski definition) is 0. The van der Waals surface area contributed by atoms with Crippen LogP contribution < -0.4 is 4.90 Å². The molecule has 0 aliphatic carbocycles. The molecule has 0 saturated carbocycles. The minimum atomic E-state index is -3.00. The quantitative estimate of drug-likeness (QED) is 0.831. The molecule has 4 nitrogen and oxygen atoms in total. The molecular weight excluding hydrogens is 262 g/mol. The zero-order valence-electron chi connectivity index (χ0n) is 11.5. The van der Waals surface area contributed by atoms with E-state index < -0.39 is 9.84 Å². The van der Waals surface area contributed by atoms with Gasteiger partial charge in [0.1, 0.15) is 0 Å². The maximum atomic E-state index is 11.9. The van der Waals surface area contributed by atoms with E-state index in [1.165, 1.54) is 6.92 Å². The molecule has 1 atom stereocenters. The molecule has 104 valence electrons. The van der Waals surface area contributed by atoms with Crippen molar-refractivity contribution >= 4 is 21.4 Å². The molecule has 0 N–H and O–H groups in total. The number of aryl methyl sites for hydroxylation is 2. The lowest BCUT2D eigenvalue weighted by molar-refractivity contribution is -0.116. The number of hydrogen-bond acceptors (Lipinski definition) is 3. The summed E-state index contributed by atoms with van der Waals surface area (Å²) < 4.78 is 23.2. The topological polar surface area (TPSA) is 54.5 Å². The molecule has 1 fully saturated rings. The third kappa shape index (κ3) is 3.15. The van der Waals surface area contributed by atoms with Gasteiger partial charge in [0.2, 0.25) is 5.91 Å². The summed E-state index contributed by atoms with van der Waals surface area (Å²) in [7, 11) is -3.00. The van der Waals surface area contributed by atoms with Crippen molar-refractivity contribution in [1.82, 2.24) is 0 Å². The molecule has 0 aromatic heterocycles. The standard InChI is InChI=1S/C14H19NO3S/c1-10-6-11(2)8-14(7-10)15(12(3)16)13-4-5-19(17,18)9-13/h6-8,13H,4-5,9H2,1-3H3. The number of amides is 1. The van der Waals surface area contributed by atoms with Gasteiger partial charge in [0.05, 0.1) is 17.5 Å². The van der Waals surface area contributed by atoms with Gasteiger partial charge in [-0.3, -0.25) is 4.79 Å². The fourth-order valence-corrected chi connectivity index (χ4v) is 4.42. The Balaban J connectivity index is 2.38. The first-order chi connectivity index (χ1) is 8.78. The van der Waals surface area contributed by atoms with Crippen molar-refractivity contribution in [2.75, 3.05) is 16.4 Å². The Hall–Kier alpha value is -1.36. The van der Waals surface area contributed by atoms with E-state index in [1.54, 1.807) is 4.90 Å². The number of rotatable bonds is 2. The van der Waals surface area contributed by atoms with E-state index in [-0.39, 0.29) is 23.5 Å². The second kappa shape index (κ2) is 4.96. The number of benzene rings is 1. The smallest absolute Gasteiger partial charge is 0.224 e. The minimum Gasteiger partial charge on any atom is -0.309 e. The summed E-state index contributed by atoms with van der Waals surface area (Å²) >= 11 is 0. The van der Waals surface area contributed by atoms with Crippen LogP contribution in [0.4, 0.5) is 5.69 Å².